The third-order valence-electron chi connectivity index (χ3n) is 2.24. The number of hydrogen-bond donors (Lipinski definition) is 1. The van der Waals surface area contributed by atoms with Crippen molar-refractivity contribution in [3.8, 4) is 5.75 Å². The molecule has 0 heterocycles. The van der Waals surface area contributed by atoms with E-state index in [1.165, 1.54) is 7.11 Å². The number of benzene rings is 1. The van der Waals surface area contributed by atoms with Crippen LogP contribution >= 0.6 is 22.6 Å². The molecule has 0 bridgehead atoms. The van der Waals surface area contributed by atoms with E-state index in [0.29, 0.717) is 13.1 Å². The third-order valence-corrected chi connectivity index (χ3v) is 3.19. The predicted molar refractivity (Wildman–Crippen MR) is 74.5 cm³/mol. The van der Waals surface area contributed by atoms with Crippen molar-refractivity contribution in [3.05, 3.63) is 29.8 Å². The molecular formula is C12H16INO3. The van der Waals surface area contributed by atoms with Gasteiger partial charge in [0.15, 0.2) is 0 Å². The summed E-state index contributed by atoms with van der Waals surface area (Å²) in [6, 6.07) is 7.82. The second kappa shape index (κ2) is 7.50. The number of carbonyl (C=O) groups excluding carboxylic acids is 1. The van der Waals surface area contributed by atoms with E-state index in [1.54, 1.807) is 7.11 Å². The molecule has 0 aliphatic heterocycles. The molecule has 0 aliphatic carbocycles. The van der Waals surface area contributed by atoms with Crippen molar-refractivity contribution in [2.24, 2.45) is 0 Å². The molecular weight excluding hydrogens is 333 g/mol. The summed E-state index contributed by atoms with van der Waals surface area (Å²) in [6.07, 6.45) is 0. The Morgan fingerprint density at radius 3 is 2.88 bits per heavy atom. The van der Waals surface area contributed by atoms with E-state index >= 15 is 0 Å². The Hall–Kier alpha value is -0.820. The molecule has 0 spiro atoms. The SMILES string of the molecule is COC(=O)C(I)CNCc1cccc(OC)c1. The quantitative estimate of drug-likeness (QED) is 0.483. The molecule has 0 aromatic heterocycles. The zero-order valence-corrected chi connectivity index (χ0v) is 12.1. The normalized spacial score (nSPS) is 11.9. The molecule has 1 atom stereocenters. The van der Waals surface area contributed by atoms with Crippen LogP contribution in [0, 0.1) is 0 Å². The Labute approximate surface area is 115 Å². The van der Waals surface area contributed by atoms with Crippen molar-refractivity contribution in [3.63, 3.8) is 0 Å². The van der Waals surface area contributed by atoms with Crippen LogP contribution in [0.2, 0.25) is 0 Å². The number of halogens is 1. The molecule has 1 aromatic carbocycles. The summed E-state index contributed by atoms with van der Waals surface area (Å²) in [5.74, 6) is 0.632. The second-order valence-corrected chi connectivity index (χ2v) is 4.98. The minimum absolute atomic E-state index is 0.164. The molecule has 17 heavy (non-hydrogen) atoms. The predicted octanol–water partition coefficient (Wildman–Crippen LogP) is 1.76. The maximum absolute atomic E-state index is 11.2. The first-order valence-corrected chi connectivity index (χ1v) is 6.47. The van der Waals surface area contributed by atoms with Gasteiger partial charge in [-0.3, -0.25) is 4.79 Å². The largest absolute Gasteiger partial charge is 0.497 e. The van der Waals surface area contributed by atoms with Crippen molar-refractivity contribution in [1.29, 1.82) is 0 Å². The van der Waals surface area contributed by atoms with Gasteiger partial charge in [0.1, 0.15) is 9.67 Å². The van der Waals surface area contributed by atoms with Crippen LogP contribution in [0.3, 0.4) is 0 Å². The van der Waals surface area contributed by atoms with Crippen molar-refractivity contribution < 1.29 is 14.3 Å². The molecule has 1 unspecified atom stereocenters. The van der Waals surface area contributed by atoms with Crippen molar-refractivity contribution in [2.75, 3.05) is 20.8 Å². The maximum Gasteiger partial charge on any atom is 0.319 e. The van der Waals surface area contributed by atoms with Gasteiger partial charge in [0.25, 0.3) is 0 Å². The summed E-state index contributed by atoms with van der Waals surface area (Å²) in [5, 5.41) is 3.20. The van der Waals surface area contributed by atoms with Gasteiger partial charge in [-0.1, -0.05) is 34.7 Å². The summed E-state index contributed by atoms with van der Waals surface area (Å²) in [4.78, 5) is 11.2. The Morgan fingerprint density at radius 1 is 1.47 bits per heavy atom. The third kappa shape index (κ3) is 4.91. The summed E-state index contributed by atoms with van der Waals surface area (Å²) < 4.78 is 9.62. The lowest BCUT2D eigenvalue weighted by Gasteiger charge is -2.09. The van der Waals surface area contributed by atoms with Gasteiger partial charge in [-0.2, -0.15) is 0 Å². The van der Waals surface area contributed by atoms with E-state index in [1.807, 2.05) is 24.3 Å². The molecule has 0 saturated heterocycles. The lowest BCUT2D eigenvalue weighted by atomic mass is 10.2. The van der Waals surface area contributed by atoms with Gasteiger partial charge < -0.3 is 14.8 Å². The maximum atomic E-state index is 11.2. The van der Waals surface area contributed by atoms with Crippen molar-refractivity contribution in [2.45, 2.75) is 10.5 Å². The van der Waals surface area contributed by atoms with Crippen molar-refractivity contribution in [1.82, 2.24) is 5.32 Å². The average molecular weight is 349 g/mol. The lowest BCUT2D eigenvalue weighted by Crippen LogP contribution is -2.29. The fourth-order valence-electron chi connectivity index (χ4n) is 1.34. The number of rotatable bonds is 6. The molecule has 0 fully saturated rings. The highest BCUT2D eigenvalue weighted by atomic mass is 127. The highest BCUT2D eigenvalue weighted by Gasteiger charge is 2.13. The van der Waals surface area contributed by atoms with Gasteiger partial charge in [-0.05, 0) is 17.7 Å². The minimum Gasteiger partial charge on any atom is -0.497 e. The zero-order valence-electron chi connectivity index (χ0n) is 9.90. The number of alkyl halides is 1. The van der Waals surface area contributed by atoms with Gasteiger partial charge in [0.05, 0.1) is 14.2 Å². The van der Waals surface area contributed by atoms with Gasteiger partial charge in [-0.25, -0.2) is 0 Å². The highest BCUT2D eigenvalue weighted by molar-refractivity contribution is 14.1. The number of methoxy groups -OCH3 is 2. The van der Waals surface area contributed by atoms with Gasteiger partial charge >= 0.3 is 5.97 Å². The van der Waals surface area contributed by atoms with Crippen LogP contribution in [0.15, 0.2) is 24.3 Å². The van der Waals surface area contributed by atoms with Crippen LogP contribution < -0.4 is 10.1 Å². The molecule has 1 N–H and O–H groups in total. The fraction of sp³-hybridized carbons (Fsp3) is 0.417. The summed E-state index contributed by atoms with van der Waals surface area (Å²) in [7, 11) is 3.04. The number of ether oxygens (including phenoxy) is 2. The number of carbonyl (C=O) groups is 1. The lowest BCUT2D eigenvalue weighted by molar-refractivity contribution is -0.139. The van der Waals surface area contributed by atoms with Crippen LogP contribution in [0.4, 0.5) is 0 Å². The standard InChI is InChI=1S/C12H16INO3/c1-16-10-5-3-4-9(6-10)7-14-8-11(13)12(15)17-2/h3-6,11,14H,7-8H2,1-2H3. The van der Waals surface area contributed by atoms with E-state index in [4.69, 9.17) is 4.74 Å². The molecule has 0 radical (unpaired) electrons. The summed E-state index contributed by atoms with van der Waals surface area (Å²) in [5.41, 5.74) is 1.12. The van der Waals surface area contributed by atoms with E-state index < -0.39 is 0 Å². The summed E-state index contributed by atoms with van der Waals surface area (Å²) in [6.45, 7) is 1.29. The molecule has 0 aliphatic rings. The number of hydrogen-bond acceptors (Lipinski definition) is 4. The van der Waals surface area contributed by atoms with Gasteiger partial charge in [0, 0.05) is 13.1 Å². The molecule has 1 aromatic rings. The van der Waals surface area contributed by atoms with Crippen LogP contribution in [0.1, 0.15) is 5.56 Å². The first kappa shape index (κ1) is 14.2. The Kier molecular flexibility index (Phi) is 6.28. The molecule has 94 valence electrons. The average Bonchev–Trinajstić information content (AvgIpc) is 2.37. The molecule has 0 saturated carbocycles. The fourth-order valence-corrected chi connectivity index (χ4v) is 1.90. The van der Waals surface area contributed by atoms with Gasteiger partial charge in [0.2, 0.25) is 0 Å². The highest BCUT2D eigenvalue weighted by Crippen LogP contribution is 2.12. The second-order valence-electron chi connectivity index (χ2n) is 3.47. The smallest absolute Gasteiger partial charge is 0.319 e. The number of nitrogens with one attached hydrogen (secondary N) is 1. The van der Waals surface area contributed by atoms with E-state index in [9.17, 15) is 4.79 Å². The van der Waals surface area contributed by atoms with Crippen LogP contribution in [0.5, 0.6) is 5.75 Å². The Balaban J connectivity index is 2.37. The minimum atomic E-state index is -0.205. The Bertz CT molecular complexity index is 371. The van der Waals surface area contributed by atoms with Crippen LogP contribution in [0.25, 0.3) is 0 Å². The first-order chi connectivity index (χ1) is 8.17. The van der Waals surface area contributed by atoms with Gasteiger partial charge in [-0.15, -0.1) is 0 Å². The van der Waals surface area contributed by atoms with E-state index in [-0.39, 0.29) is 9.89 Å². The topological polar surface area (TPSA) is 47.6 Å². The summed E-state index contributed by atoms with van der Waals surface area (Å²) >= 11 is 2.06. The first-order valence-electron chi connectivity index (χ1n) is 5.23. The van der Waals surface area contributed by atoms with Crippen molar-refractivity contribution >= 4 is 28.6 Å². The Morgan fingerprint density at radius 2 is 2.24 bits per heavy atom. The zero-order chi connectivity index (χ0) is 12.7. The van der Waals surface area contributed by atoms with E-state index in [0.717, 1.165) is 11.3 Å². The molecule has 4 nitrogen and oxygen atoms in total. The van der Waals surface area contributed by atoms with E-state index in [2.05, 4.69) is 32.6 Å². The van der Waals surface area contributed by atoms with Crippen LogP contribution in [-0.2, 0) is 16.1 Å². The monoisotopic (exact) mass is 349 g/mol. The molecule has 5 heteroatoms. The van der Waals surface area contributed by atoms with Crippen LogP contribution in [-0.4, -0.2) is 30.7 Å². The molecule has 1 rings (SSSR count). The molecule has 0 amide bonds. The number of esters is 1.